The summed E-state index contributed by atoms with van der Waals surface area (Å²) in [6, 6.07) is 3.24. The smallest absolute Gasteiger partial charge is 0.342 e. The van der Waals surface area contributed by atoms with E-state index in [1.165, 1.54) is 26.0 Å². The van der Waals surface area contributed by atoms with Crippen LogP contribution in [-0.4, -0.2) is 35.5 Å². The summed E-state index contributed by atoms with van der Waals surface area (Å²) in [6.07, 6.45) is 9.27. The van der Waals surface area contributed by atoms with E-state index in [9.17, 15) is 15.0 Å². The average molecular weight is 364 g/mol. The monoisotopic (exact) mass is 364 g/mol. The van der Waals surface area contributed by atoms with Crippen molar-refractivity contribution in [3.8, 4) is 11.5 Å². The van der Waals surface area contributed by atoms with Crippen LogP contribution in [0.15, 0.2) is 12.1 Å². The minimum absolute atomic E-state index is 0.0835. The zero-order valence-electron chi connectivity index (χ0n) is 16.0. The number of phenolic OH excluding ortho intramolecular Hbond substituents is 1. The molecule has 1 aromatic rings. The minimum atomic E-state index is -0.456. The molecule has 0 fully saturated rings. The summed E-state index contributed by atoms with van der Waals surface area (Å²) in [4.78, 5) is 12.2. The van der Waals surface area contributed by atoms with Crippen LogP contribution in [0.5, 0.6) is 11.5 Å². The Morgan fingerprint density at radius 2 is 1.92 bits per heavy atom. The van der Waals surface area contributed by atoms with E-state index in [-0.39, 0.29) is 23.5 Å². The number of phenols is 1. The molecule has 146 valence electrons. The highest BCUT2D eigenvalue weighted by atomic mass is 16.5. The molecule has 0 saturated carbocycles. The van der Waals surface area contributed by atoms with Gasteiger partial charge in [0.15, 0.2) is 0 Å². The summed E-state index contributed by atoms with van der Waals surface area (Å²) < 4.78 is 10.6. The van der Waals surface area contributed by atoms with Gasteiger partial charge in [-0.05, 0) is 37.3 Å². The van der Waals surface area contributed by atoms with Gasteiger partial charge in [-0.3, -0.25) is 0 Å². The van der Waals surface area contributed by atoms with Crippen LogP contribution in [0.25, 0.3) is 0 Å². The molecule has 0 aliphatic carbocycles. The van der Waals surface area contributed by atoms with Crippen molar-refractivity contribution in [1.82, 2.24) is 0 Å². The first kappa shape index (κ1) is 20.6. The van der Waals surface area contributed by atoms with Crippen LogP contribution >= 0.6 is 0 Å². The molecule has 0 spiro atoms. The number of aromatic hydroxyl groups is 1. The third-order valence-electron chi connectivity index (χ3n) is 5.04. The van der Waals surface area contributed by atoms with Crippen LogP contribution in [-0.2, 0) is 11.2 Å². The first-order valence-corrected chi connectivity index (χ1v) is 9.84. The molecule has 0 bridgehead atoms. The number of rotatable bonds is 11. The number of unbranched alkanes of at least 4 members (excludes halogenated alkanes) is 4. The lowest BCUT2D eigenvalue weighted by Crippen LogP contribution is -2.27. The predicted molar refractivity (Wildman–Crippen MR) is 101 cm³/mol. The Hall–Kier alpha value is -1.75. The molecule has 0 amide bonds. The summed E-state index contributed by atoms with van der Waals surface area (Å²) >= 11 is 0. The Morgan fingerprint density at radius 3 is 2.62 bits per heavy atom. The highest BCUT2D eigenvalue weighted by molar-refractivity contribution is 5.95. The quantitative estimate of drug-likeness (QED) is 0.450. The summed E-state index contributed by atoms with van der Waals surface area (Å²) in [7, 11) is 1.54. The summed E-state index contributed by atoms with van der Waals surface area (Å²) in [6.45, 7) is 2.17. The zero-order chi connectivity index (χ0) is 18.9. The van der Waals surface area contributed by atoms with Crippen molar-refractivity contribution in [2.45, 2.75) is 83.3 Å². The maximum atomic E-state index is 12.2. The highest BCUT2D eigenvalue weighted by Crippen LogP contribution is 2.33. The predicted octanol–water partition coefficient (Wildman–Crippen LogP) is 4.37. The number of aliphatic hydroxyl groups is 1. The fourth-order valence-electron chi connectivity index (χ4n) is 3.53. The van der Waals surface area contributed by atoms with Gasteiger partial charge in [0.1, 0.15) is 23.2 Å². The van der Waals surface area contributed by atoms with Crippen molar-refractivity contribution in [3.63, 3.8) is 0 Å². The van der Waals surface area contributed by atoms with Crippen LogP contribution in [0, 0.1) is 0 Å². The number of ether oxygens (including phenoxy) is 2. The second-order valence-corrected chi connectivity index (χ2v) is 7.20. The molecule has 0 aromatic heterocycles. The number of fused-ring (bicyclic) bond motifs is 1. The van der Waals surface area contributed by atoms with Crippen molar-refractivity contribution in [3.05, 3.63) is 23.3 Å². The molecule has 0 saturated heterocycles. The largest absolute Gasteiger partial charge is 0.507 e. The van der Waals surface area contributed by atoms with Gasteiger partial charge in [-0.2, -0.15) is 0 Å². The molecule has 5 nitrogen and oxygen atoms in total. The lowest BCUT2D eigenvalue weighted by Gasteiger charge is -2.25. The van der Waals surface area contributed by atoms with E-state index < -0.39 is 5.97 Å². The van der Waals surface area contributed by atoms with Crippen LogP contribution in [0.2, 0.25) is 0 Å². The van der Waals surface area contributed by atoms with Gasteiger partial charge in [-0.1, -0.05) is 39.0 Å². The number of carbonyl (C=O) groups is 1. The standard InChI is InChI=1S/C21H32O5/c1-3-4-6-9-16(22)10-7-5-8-11-17-12-15-13-18(25-2)14-19(23)20(15)21(24)26-17/h13-14,16-17,22-23H,3-12H2,1-2H3/t16-,17+/m0/s1. The van der Waals surface area contributed by atoms with Crippen LogP contribution in [0.1, 0.15) is 80.6 Å². The molecule has 26 heavy (non-hydrogen) atoms. The fourth-order valence-corrected chi connectivity index (χ4v) is 3.53. The molecule has 1 aliphatic heterocycles. The van der Waals surface area contributed by atoms with Gasteiger partial charge < -0.3 is 19.7 Å². The van der Waals surface area contributed by atoms with E-state index >= 15 is 0 Å². The molecule has 2 atom stereocenters. The Balaban J connectivity index is 1.73. The molecule has 0 unspecified atom stereocenters. The van der Waals surface area contributed by atoms with E-state index in [1.807, 2.05) is 0 Å². The topological polar surface area (TPSA) is 76.0 Å². The molecular formula is C21H32O5. The van der Waals surface area contributed by atoms with Crippen molar-refractivity contribution in [2.24, 2.45) is 0 Å². The average Bonchev–Trinajstić information content (AvgIpc) is 2.60. The lowest BCUT2D eigenvalue weighted by atomic mass is 9.94. The van der Waals surface area contributed by atoms with E-state index in [4.69, 9.17) is 9.47 Å². The van der Waals surface area contributed by atoms with Crippen molar-refractivity contribution >= 4 is 5.97 Å². The molecule has 2 N–H and O–H groups in total. The maximum Gasteiger partial charge on any atom is 0.342 e. The molecular weight excluding hydrogens is 332 g/mol. The van der Waals surface area contributed by atoms with Gasteiger partial charge >= 0.3 is 5.97 Å². The Morgan fingerprint density at radius 1 is 1.19 bits per heavy atom. The number of esters is 1. The van der Waals surface area contributed by atoms with Crippen molar-refractivity contribution in [2.75, 3.05) is 7.11 Å². The Bertz CT molecular complexity index is 584. The molecule has 2 rings (SSSR count). The Kier molecular flexibility index (Phi) is 8.23. The second-order valence-electron chi connectivity index (χ2n) is 7.20. The molecule has 1 aromatic carbocycles. The molecule has 0 radical (unpaired) electrons. The lowest BCUT2D eigenvalue weighted by molar-refractivity contribution is 0.0227. The number of benzene rings is 1. The van der Waals surface area contributed by atoms with E-state index in [0.717, 1.165) is 50.5 Å². The first-order chi connectivity index (χ1) is 12.5. The van der Waals surface area contributed by atoms with Gasteiger partial charge in [0.25, 0.3) is 0 Å². The number of cyclic esters (lactones) is 1. The summed E-state index contributed by atoms with van der Waals surface area (Å²) in [5, 5.41) is 19.9. The Labute approximate surface area is 156 Å². The van der Waals surface area contributed by atoms with Gasteiger partial charge in [0, 0.05) is 12.5 Å². The number of carbonyl (C=O) groups excluding carboxylic acids is 1. The van der Waals surface area contributed by atoms with Gasteiger partial charge in [0.2, 0.25) is 0 Å². The highest BCUT2D eigenvalue weighted by Gasteiger charge is 2.29. The van der Waals surface area contributed by atoms with Gasteiger partial charge in [-0.15, -0.1) is 0 Å². The number of hydrogen-bond donors (Lipinski definition) is 2. The maximum absolute atomic E-state index is 12.2. The first-order valence-electron chi connectivity index (χ1n) is 9.84. The molecule has 1 aliphatic rings. The zero-order valence-corrected chi connectivity index (χ0v) is 16.0. The fraction of sp³-hybridized carbons (Fsp3) is 0.667. The van der Waals surface area contributed by atoms with Crippen LogP contribution < -0.4 is 4.74 Å². The van der Waals surface area contributed by atoms with Crippen LogP contribution in [0.4, 0.5) is 0 Å². The molecule has 5 heteroatoms. The summed E-state index contributed by atoms with van der Waals surface area (Å²) in [5.74, 6) is 0.00868. The SMILES string of the molecule is CCCCC[C@H](O)CCCCC[C@@H]1Cc2cc(OC)cc(O)c2C(=O)O1. The number of aliphatic hydroxyl groups excluding tert-OH is 1. The number of hydrogen-bond acceptors (Lipinski definition) is 5. The van der Waals surface area contributed by atoms with Crippen molar-refractivity contribution in [1.29, 1.82) is 0 Å². The normalized spacial score (nSPS) is 17.5. The van der Waals surface area contributed by atoms with Gasteiger partial charge in [-0.25, -0.2) is 4.79 Å². The van der Waals surface area contributed by atoms with E-state index in [2.05, 4.69) is 6.92 Å². The number of methoxy groups -OCH3 is 1. The van der Waals surface area contributed by atoms with E-state index in [0.29, 0.717) is 12.2 Å². The van der Waals surface area contributed by atoms with Crippen molar-refractivity contribution < 1.29 is 24.5 Å². The molecule has 1 heterocycles. The second kappa shape index (κ2) is 10.4. The summed E-state index contributed by atoms with van der Waals surface area (Å²) in [5.41, 5.74) is 1.05. The minimum Gasteiger partial charge on any atom is -0.507 e. The van der Waals surface area contributed by atoms with Gasteiger partial charge in [0.05, 0.1) is 13.2 Å². The van der Waals surface area contributed by atoms with Crippen LogP contribution in [0.3, 0.4) is 0 Å². The third-order valence-corrected chi connectivity index (χ3v) is 5.04. The third kappa shape index (κ3) is 5.90. The van der Waals surface area contributed by atoms with E-state index in [1.54, 1.807) is 6.07 Å².